The summed E-state index contributed by atoms with van der Waals surface area (Å²) < 4.78 is 0. The zero-order valence-electron chi connectivity index (χ0n) is 9.72. The van der Waals surface area contributed by atoms with Gasteiger partial charge in [0.1, 0.15) is 0 Å². The number of hydrogen-bond acceptors (Lipinski definition) is 3. The summed E-state index contributed by atoms with van der Waals surface area (Å²) in [4.78, 5) is 11.0. The number of hydrogen-bond donors (Lipinski definition) is 3. The fraction of sp³-hybridized carbons (Fsp3) is 0.462. The molecule has 4 nitrogen and oxygen atoms in total. The van der Waals surface area contributed by atoms with Crippen molar-refractivity contribution >= 4 is 5.97 Å². The van der Waals surface area contributed by atoms with Crippen LogP contribution >= 0.6 is 0 Å². The lowest BCUT2D eigenvalue weighted by Gasteiger charge is -2.08. The molecule has 1 aromatic carbocycles. The Bertz CT molecular complexity index is 374. The van der Waals surface area contributed by atoms with E-state index in [0.29, 0.717) is 24.8 Å². The van der Waals surface area contributed by atoms with E-state index in [0.717, 1.165) is 17.5 Å². The van der Waals surface area contributed by atoms with E-state index in [-0.39, 0.29) is 13.2 Å². The van der Waals surface area contributed by atoms with Crippen LogP contribution in [0.3, 0.4) is 0 Å². The number of aliphatic hydroxyl groups is 2. The lowest BCUT2D eigenvalue weighted by molar-refractivity contribution is 0.0695. The molecule has 0 unspecified atom stereocenters. The van der Waals surface area contributed by atoms with Crippen LogP contribution in [0, 0.1) is 0 Å². The summed E-state index contributed by atoms with van der Waals surface area (Å²) in [6.45, 7) is 0.187. The standard InChI is InChI=1S/C13H18O4/c14-7-1-3-10-5-6-12(13(16)17)11(9-10)4-2-8-15/h5-6,9,14-15H,1-4,7-8H2,(H,16,17). The second-order valence-electron chi connectivity index (χ2n) is 3.95. The van der Waals surface area contributed by atoms with Crippen LogP contribution in [0.25, 0.3) is 0 Å². The molecule has 0 radical (unpaired) electrons. The average molecular weight is 238 g/mol. The molecule has 0 saturated carbocycles. The molecule has 0 aliphatic carbocycles. The first-order valence-electron chi connectivity index (χ1n) is 5.76. The van der Waals surface area contributed by atoms with Gasteiger partial charge in [0.05, 0.1) is 5.56 Å². The molecular weight excluding hydrogens is 220 g/mol. The SMILES string of the molecule is O=C(O)c1ccc(CCCO)cc1CCCO. The van der Waals surface area contributed by atoms with Crippen LogP contribution in [0.5, 0.6) is 0 Å². The van der Waals surface area contributed by atoms with Gasteiger partial charge < -0.3 is 15.3 Å². The minimum absolute atomic E-state index is 0.0555. The number of rotatable bonds is 7. The number of carbonyl (C=O) groups is 1. The second-order valence-corrected chi connectivity index (χ2v) is 3.95. The van der Waals surface area contributed by atoms with Crippen molar-refractivity contribution in [2.75, 3.05) is 13.2 Å². The maximum atomic E-state index is 11.0. The molecule has 0 bridgehead atoms. The van der Waals surface area contributed by atoms with Crippen LogP contribution in [-0.4, -0.2) is 34.5 Å². The van der Waals surface area contributed by atoms with Gasteiger partial charge in [0.2, 0.25) is 0 Å². The fourth-order valence-corrected chi connectivity index (χ4v) is 1.77. The molecule has 0 heterocycles. The van der Waals surface area contributed by atoms with Crippen molar-refractivity contribution in [3.05, 3.63) is 34.9 Å². The van der Waals surface area contributed by atoms with Crippen molar-refractivity contribution in [2.45, 2.75) is 25.7 Å². The van der Waals surface area contributed by atoms with Crippen molar-refractivity contribution < 1.29 is 20.1 Å². The topological polar surface area (TPSA) is 77.8 Å². The van der Waals surface area contributed by atoms with Gasteiger partial charge in [-0.3, -0.25) is 0 Å². The number of aryl methyl sites for hydroxylation is 2. The molecule has 0 spiro atoms. The van der Waals surface area contributed by atoms with Gasteiger partial charge in [0, 0.05) is 13.2 Å². The van der Waals surface area contributed by atoms with Gasteiger partial charge in [0.25, 0.3) is 0 Å². The van der Waals surface area contributed by atoms with E-state index in [4.69, 9.17) is 15.3 Å². The van der Waals surface area contributed by atoms with E-state index in [2.05, 4.69) is 0 Å². The molecule has 17 heavy (non-hydrogen) atoms. The third-order valence-corrected chi connectivity index (χ3v) is 2.63. The summed E-state index contributed by atoms with van der Waals surface area (Å²) in [5, 5.41) is 26.6. The van der Waals surface area contributed by atoms with Crippen LogP contribution in [0.1, 0.15) is 34.3 Å². The predicted octanol–water partition coefficient (Wildman–Crippen LogP) is 1.23. The average Bonchev–Trinajstić information content (AvgIpc) is 2.33. The highest BCUT2D eigenvalue weighted by atomic mass is 16.4. The fourth-order valence-electron chi connectivity index (χ4n) is 1.77. The number of benzene rings is 1. The molecule has 0 aliphatic rings. The zero-order valence-corrected chi connectivity index (χ0v) is 9.72. The lowest BCUT2D eigenvalue weighted by atomic mass is 9.98. The van der Waals surface area contributed by atoms with Crippen molar-refractivity contribution in [3.63, 3.8) is 0 Å². The monoisotopic (exact) mass is 238 g/mol. The Morgan fingerprint density at radius 3 is 2.29 bits per heavy atom. The first-order valence-corrected chi connectivity index (χ1v) is 5.76. The van der Waals surface area contributed by atoms with E-state index in [1.165, 1.54) is 0 Å². The summed E-state index contributed by atoms with van der Waals surface area (Å²) >= 11 is 0. The molecule has 0 amide bonds. The molecule has 0 saturated heterocycles. The lowest BCUT2D eigenvalue weighted by Crippen LogP contribution is -2.04. The zero-order chi connectivity index (χ0) is 12.7. The summed E-state index contributed by atoms with van der Waals surface area (Å²) in [7, 11) is 0. The first kappa shape index (κ1) is 13.7. The molecule has 0 fully saturated rings. The van der Waals surface area contributed by atoms with Gasteiger partial charge >= 0.3 is 5.97 Å². The van der Waals surface area contributed by atoms with Gasteiger partial charge in [0.15, 0.2) is 0 Å². The maximum Gasteiger partial charge on any atom is 0.335 e. The van der Waals surface area contributed by atoms with Crippen LogP contribution in [-0.2, 0) is 12.8 Å². The summed E-state index contributed by atoms with van der Waals surface area (Å²) in [5.74, 6) is -0.938. The van der Waals surface area contributed by atoms with Crippen molar-refractivity contribution in [2.24, 2.45) is 0 Å². The third-order valence-electron chi connectivity index (χ3n) is 2.63. The normalized spacial score (nSPS) is 10.5. The highest BCUT2D eigenvalue weighted by Gasteiger charge is 2.10. The Balaban J connectivity index is 2.88. The van der Waals surface area contributed by atoms with Gasteiger partial charge in [-0.25, -0.2) is 4.79 Å². The smallest absolute Gasteiger partial charge is 0.335 e. The largest absolute Gasteiger partial charge is 0.478 e. The molecule has 0 aliphatic heterocycles. The molecule has 0 aromatic heterocycles. The maximum absolute atomic E-state index is 11.0. The summed E-state index contributed by atoms with van der Waals surface area (Å²) in [6, 6.07) is 5.23. The van der Waals surface area contributed by atoms with Crippen LogP contribution in [0.15, 0.2) is 18.2 Å². The first-order chi connectivity index (χ1) is 8.19. The van der Waals surface area contributed by atoms with Crippen molar-refractivity contribution in [1.82, 2.24) is 0 Å². The molecular formula is C13H18O4. The summed E-state index contributed by atoms with van der Waals surface area (Å²) in [6.07, 6.45) is 2.53. The highest BCUT2D eigenvalue weighted by Crippen LogP contribution is 2.15. The van der Waals surface area contributed by atoms with Crippen LogP contribution in [0.2, 0.25) is 0 Å². The van der Waals surface area contributed by atoms with Crippen molar-refractivity contribution in [1.29, 1.82) is 0 Å². The molecule has 1 aromatic rings. The van der Waals surface area contributed by atoms with Crippen LogP contribution < -0.4 is 0 Å². The molecule has 4 heteroatoms. The Kier molecular flexibility index (Phi) is 5.66. The van der Waals surface area contributed by atoms with E-state index in [9.17, 15) is 4.79 Å². The van der Waals surface area contributed by atoms with Crippen LogP contribution in [0.4, 0.5) is 0 Å². The van der Waals surface area contributed by atoms with E-state index in [1.807, 2.05) is 6.07 Å². The molecule has 0 atom stereocenters. The van der Waals surface area contributed by atoms with E-state index >= 15 is 0 Å². The highest BCUT2D eigenvalue weighted by molar-refractivity contribution is 5.89. The number of carboxylic acids is 1. The summed E-state index contributed by atoms with van der Waals surface area (Å²) in [5.41, 5.74) is 2.07. The number of aliphatic hydroxyl groups excluding tert-OH is 2. The minimum atomic E-state index is -0.938. The van der Waals surface area contributed by atoms with E-state index < -0.39 is 5.97 Å². The molecule has 3 N–H and O–H groups in total. The quantitative estimate of drug-likeness (QED) is 0.667. The van der Waals surface area contributed by atoms with Gasteiger partial charge in [-0.15, -0.1) is 0 Å². The number of carboxylic acid groups (broad SMARTS) is 1. The molecule has 94 valence electrons. The second kappa shape index (κ2) is 7.04. The number of aromatic carboxylic acids is 1. The predicted molar refractivity (Wildman–Crippen MR) is 64.2 cm³/mol. The Hall–Kier alpha value is -1.39. The Labute approximate surface area is 101 Å². The van der Waals surface area contributed by atoms with Gasteiger partial charge in [-0.2, -0.15) is 0 Å². The minimum Gasteiger partial charge on any atom is -0.478 e. The van der Waals surface area contributed by atoms with Gasteiger partial charge in [-0.05, 0) is 42.9 Å². The molecule has 1 rings (SSSR count). The van der Waals surface area contributed by atoms with E-state index in [1.54, 1.807) is 12.1 Å². The Morgan fingerprint density at radius 1 is 1.06 bits per heavy atom. The third kappa shape index (κ3) is 4.17. The van der Waals surface area contributed by atoms with Gasteiger partial charge in [-0.1, -0.05) is 12.1 Å². The van der Waals surface area contributed by atoms with Crippen molar-refractivity contribution in [3.8, 4) is 0 Å². The Morgan fingerprint density at radius 2 is 1.71 bits per heavy atom.